The Hall–Kier alpha value is -2.77. The Bertz CT molecular complexity index is 1040. The monoisotopic (exact) mass is 430 g/mol. The first kappa shape index (κ1) is 21.9. The number of amides is 1. The minimum absolute atomic E-state index is 0.184. The van der Waals surface area contributed by atoms with E-state index in [4.69, 9.17) is 4.74 Å². The third kappa shape index (κ3) is 4.08. The smallest absolute Gasteiger partial charge is 0.262 e. The second-order valence-corrected chi connectivity index (χ2v) is 8.13. The van der Waals surface area contributed by atoms with Crippen molar-refractivity contribution in [1.82, 2.24) is 10.2 Å². The highest BCUT2D eigenvalue weighted by Crippen LogP contribution is 2.40. The van der Waals surface area contributed by atoms with Crippen LogP contribution in [0.4, 0.5) is 8.78 Å². The van der Waals surface area contributed by atoms with E-state index < -0.39 is 24.1 Å². The summed E-state index contributed by atoms with van der Waals surface area (Å²) in [7, 11) is 5.26. The van der Waals surface area contributed by atoms with Crippen LogP contribution in [0.1, 0.15) is 39.3 Å². The SMILES string of the molecule is C=C1/C(c2ccc(C(C)N(C)C)cc2)=C(OC)\C(F)=C(\F)CNC(=O)c2sccc21. The highest BCUT2D eigenvalue weighted by molar-refractivity contribution is 7.12. The second kappa shape index (κ2) is 8.93. The van der Waals surface area contributed by atoms with Crippen molar-refractivity contribution in [3.63, 3.8) is 0 Å². The number of hydrogen-bond acceptors (Lipinski definition) is 4. The van der Waals surface area contributed by atoms with Crippen LogP contribution >= 0.6 is 11.3 Å². The number of ether oxygens (including phenoxy) is 1. The Morgan fingerprint density at radius 2 is 1.87 bits per heavy atom. The number of halogens is 2. The first-order valence-electron chi connectivity index (χ1n) is 9.41. The summed E-state index contributed by atoms with van der Waals surface area (Å²) < 4.78 is 34.7. The lowest BCUT2D eigenvalue weighted by Crippen LogP contribution is -2.26. The summed E-state index contributed by atoms with van der Waals surface area (Å²) in [5.41, 5.74) is 2.95. The number of thiophene rings is 1. The van der Waals surface area contributed by atoms with Crippen molar-refractivity contribution < 1.29 is 18.3 Å². The number of rotatable bonds is 4. The summed E-state index contributed by atoms with van der Waals surface area (Å²) in [4.78, 5) is 14.9. The first-order chi connectivity index (χ1) is 14.3. The summed E-state index contributed by atoms with van der Waals surface area (Å²) >= 11 is 1.22. The van der Waals surface area contributed by atoms with Crippen LogP contribution in [0.25, 0.3) is 11.1 Å². The van der Waals surface area contributed by atoms with Crippen LogP contribution in [0.2, 0.25) is 0 Å². The zero-order valence-electron chi connectivity index (χ0n) is 17.4. The molecule has 2 heterocycles. The number of benzene rings is 1. The van der Waals surface area contributed by atoms with Gasteiger partial charge in [0.2, 0.25) is 0 Å². The number of carbonyl (C=O) groups excluding carboxylic acids is 1. The van der Waals surface area contributed by atoms with Gasteiger partial charge < -0.3 is 15.0 Å². The predicted octanol–water partition coefficient (Wildman–Crippen LogP) is 5.34. The zero-order valence-corrected chi connectivity index (χ0v) is 18.2. The number of hydrogen-bond donors (Lipinski definition) is 1. The minimum Gasteiger partial charge on any atom is -0.493 e. The van der Waals surface area contributed by atoms with Crippen molar-refractivity contribution in [2.45, 2.75) is 13.0 Å². The average Bonchev–Trinajstić information content (AvgIpc) is 3.23. The fourth-order valence-corrected chi connectivity index (χ4v) is 4.10. The van der Waals surface area contributed by atoms with Gasteiger partial charge in [-0.25, -0.2) is 4.39 Å². The van der Waals surface area contributed by atoms with Crippen LogP contribution in [-0.2, 0) is 4.74 Å². The number of allylic oxidation sites excluding steroid dienone is 3. The summed E-state index contributed by atoms with van der Waals surface area (Å²) in [5, 5.41) is 4.15. The van der Waals surface area contributed by atoms with E-state index in [0.717, 1.165) is 5.56 Å². The third-order valence-corrected chi connectivity index (χ3v) is 6.14. The van der Waals surface area contributed by atoms with E-state index in [0.29, 0.717) is 27.2 Å². The second-order valence-electron chi connectivity index (χ2n) is 7.21. The molecular weight excluding hydrogens is 406 g/mol. The lowest BCUT2D eigenvalue weighted by atomic mass is 9.90. The van der Waals surface area contributed by atoms with Gasteiger partial charge in [0, 0.05) is 17.2 Å². The Morgan fingerprint density at radius 3 is 2.47 bits per heavy atom. The molecule has 0 saturated carbocycles. The molecule has 0 saturated heterocycles. The predicted molar refractivity (Wildman–Crippen MR) is 117 cm³/mol. The zero-order chi connectivity index (χ0) is 22.0. The van der Waals surface area contributed by atoms with Crippen LogP contribution < -0.4 is 5.32 Å². The molecule has 0 aliphatic carbocycles. The molecule has 0 spiro atoms. The van der Waals surface area contributed by atoms with E-state index >= 15 is 0 Å². The molecule has 1 aromatic carbocycles. The van der Waals surface area contributed by atoms with Gasteiger partial charge in [0.25, 0.3) is 5.91 Å². The minimum atomic E-state index is -1.15. The number of methoxy groups -OCH3 is 1. The van der Waals surface area contributed by atoms with Gasteiger partial charge >= 0.3 is 0 Å². The standard InChI is InChI=1S/C23H24F2N2O2S/c1-13-17-10-11-30-22(17)23(28)26-12-18(24)20(25)21(29-5)19(13)16-8-6-15(7-9-16)14(2)27(3)4/h6-11,14H,1,12H2,2-5H3,(H,26,28)/b20-18-,21-19-. The fourth-order valence-electron chi connectivity index (χ4n) is 3.27. The van der Waals surface area contributed by atoms with Gasteiger partial charge in [0.15, 0.2) is 17.4 Å². The molecule has 0 bridgehead atoms. The molecule has 30 heavy (non-hydrogen) atoms. The number of fused-ring (bicyclic) bond motifs is 1. The molecule has 1 unspecified atom stereocenters. The molecule has 1 aromatic heterocycles. The fraction of sp³-hybridized carbons (Fsp3) is 0.261. The molecular formula is C23H24F2N2O2S. The third-order valence-electron chi connectivity index (χ3n) is 5.23. The van der Waals surface area contributed by atoms with E-state index in [2.05, 4.69) is 23.7 Å². The summed E-state index contributed by atoms with van der Waals surface area (Å²) in [6.07, 6.45) is 0. The molecule has 7 heteroatoms. The van der Waals surface area contributed by atoms with Crippen LogP contribution in [0.5, 0.6) is 0 Å². The van der Waals surface area contributed by atoms with Crippen LogP contribution in [0.15, 0.2) is 59.7 Å². The maximum absolute atomic E-state index is 15.0. The highest BCUT2D eigenvalue weighted by atomic mass is 32.1. The maximum Gasteiger partial charge on any atom is 0.262 e. The topological polar surface area (TPSA) is 41.6 Å². The Labute approximate surface area is 179 Å². The van der Waals surface area contributed by atoms with Gasteiger partial charge in [-0.1, -0.05) is 30.8 Å². The van der Waals surface area contributed by atoms with Crippen molar-refractivity contribution in [3.8, 4) is 0 Å². The maximum atomic E-state index is 15.0. The largest absolute Gasteiger partial charge is 0.493 e. The van der Waals surface area contributed by atoms with Crippen molar-refractivity contribution in [2.75, 3.05) is 27.7 Å². The van der Waals surface area contributed by atoms with Crippen molar-refractivity contribution in [2.24, 2.45) is 0 Å². The lowest BCUT2D eigenvalue weighted by molar-refractivity contribution is 0.0958. The van der Waals surface area contributed by atoms with E-state index in [1.165, 1.54) is 18.4 Å². The van der Waals surface area contributed by atoms with Crippen LogP contribution in [0, 0.1) is 0 Å². The Kier molecular flexibility index (Phi) is 6.53. The van der Waals surface area contributed by atoms with E-state index in [9.17, 15) is 13.6 Å². The molecule has 1 aliphatic heterocycles. The van der Waals surface area contributed by atoms with E-state index in [1.807, 2.05) is 38.4 Å². The van der Waals surface area contributed by atoms with Gasteiger partial charge in [0.05, 0.1) is 18.5 Å². The van der Waals surface area contributed by atoms with Gasteiger partial charge in [-0.2, -0.15) is 4.39 Å². The molecule has 0 radical (unpaired) electrons. The molecule has 2 aromatic rings. The van der Waals surface area contributed by atoms with Crippen molar-refractivity contribution in [1.29, 1.82) is 0 Å². The quantitative estimate of drug-likeness (QED) is 0.712. The van der Waals surface area contributed by atoms with Gasteiger partial charge in [-0.3, -0.25) is 4.79 Å². The number of nitrogens with one attached hydrogen (secondary N) is 1. The molecule has 1 amide bonds. The number of nitrogens with zero attached hydrogens (tertiary/aromatic N) is 1. The molecule has 4 nitrogen and oxygen atoms in total. The van der Waals surface area contributed by atoms with Gasteiger partial charge in [-0.15, -0.1) is 11.3 Å². The normalized spacial score (nSPS) is 21.3. The molecule has 3 rings (SSSR count). The van der Waals surface area contributed by atoms with E-state index in [-0.39, 0.29) is 11.8 Å². The summed E-state index contributed by atoms with van der Waals surface area (Å²) in [5.74, 6) is -2.99. The summed E-state index contributed by atoms with van der Waals surface area (Å²) in [6, 6.07) is 9.47. The summed E-state index contributed by atoms with van der Waals surface area (Å²) in [6.45, 7) is 5.62. The average molecular weight is 431 g/mol. The lowest BCUT2D eigenvalue weighted by Gasteiger charge is -2.22. The molecule has 158 valence electrons. The molecule has 1 aliphatic rings. The van der Waals surface area contributed by atoms with Crippen LogP contribution in [-0.4, -0.2) is 38.6 Å². The van der Waals surface area contributed by atoms with Gasteiger partial charge in [-0.05, 0) is 49.2 Å². The van der Waals surface area contributed by atoms with Gasteiger partial charge in [0.1, 0.15) is 0 Å². The first-order valence-corrected chi connectivity index (χ1v) is 10.3. The van der Waals surface area contributed by atoms with E-state index in [1.54, 1.807) is 11.4 Å². The Balaban J connectivity index is 2.23. The molecule has 1 N–H and O–H groups in total. The number of carbonyl (C=O) groups is 1. The van der Waals surface area contributed by atoms with Crippen LogP contribution in [0.3, 0.4) is 0 Å². The molecule has 1 atom stereocenters. The van der Waals surface area contributed by atoms with Crippen molar-refractivity contribution in [3.05, 3.63) is 81.3 Å². The molecule has 0 fully saturated rings. The highest BCUT2D eigenvalue weighted by Gasteiger charge is 2.27. The van der Waals surface area contributed by atoms with Crippen molar-refractivity contribution >= 4 is 28.4 Å². The Morgan fingerprint density at radius 1 is 1.20 bits per heavy atom.